The van der Waals surface area contributed by atoms with Gasteiger partial charge in [0.2, 0.25) is 0 Å². The molecule has 37 heavy (non-hydrogen) atoms. The monoisotopic (exact) mass is 530 g/mol. The van der Waals surface area contributed by atoms with Crippen LogP contribution in [0.1, 0.15) is 21.5 Å². The summed E-state index contributed by atoms with van der Waals surface area (Å²) in [5.41, 5.74) is 1.73. The summed E-state index contributed by atoms with van der Waals surface area (Å²) >= 11 is 5.89. The zero-order valence-electron chi connectivity index (χ0n) is 19.6. The third-order valence-electron chi connectivity index (χ3n) is 5.00. The van der Waals surface area contributed by atoms with Crippen LogP contribution >= 0.6 is 11.6 Å². The second-order valence-corrected chi connectivity index (χ2v) is 8.12. The first-order valence-electron chi connectivity index (χ1n) is 11.3. The van der Waals surface area contributed by atoms with Crippen molar-refractivity contribution in [1.82, 2.24) is 10.6 Å². The smallest absolute Gasteiger partial charge is 0.387 e. The van der Waals surface area contributed by atoms with Crippen molar-refractivity contribution in [2.24, 2.45) is 0 Å². The highest BCUT2D eigenvalue weighted by Gasteiger charge is 2.15. The number of ether oxygens (including phenoxy) is 2. The Morgan fingerprint density at radius 2 is 1.59 bits per heavy atom. The molecule has 194 valence electrons. The van der Waals surface area contributed by atoms with Gasteiger partial charge in [0.1, 0.15) is 17.2 Å². The molecule has 2 amide bonds. The first-order valence-corrected chi connectivity index (χ1v) is 11.7. The lowest BCUT2D eigenvalue weighted by atomic mass is 10.1. The predicted molar refractivity (Wildman–Crippen MR) is 136 cm³/mol. The Labute approximate surface area is 217 Å². The van der Waals surface area contributed by atoms with Gasteiger partial charge < -0.3 is 25.2 Å². The number of rotatable bonds is 12. The molecule has 0 saturated heterocycles. The molecule has 0 unspecified atom stereocenters. The van der Waals surface area contributed by atoms with Gasteiger partial charge in [0.15, 0.2) is 0 Å². The molecule has 0 bridgehead atoms. The maximum atomic E-state index is 12.8. The number of nitrogens with one attached hydrogen (secondary N) is 2. The van der Waals surface area contributed by atoms with E-state index in [1.165, 1.54) is 30.3 Å². The van der Waals surface area contributed by atoms with Crippen LogP contribution in [0.25, 0.3) is 6.08 Å². The Morgan fingerprint density at radius 3 is 2.22 bits per heavy atom. The van der Waals surface area contributed by atoms with E-state index in [1.54, 1.807) is 24.3 Å². The second-order valence-electron chi connectivity index (χ2n) is 7.69. The van der Waals surface area contributed by atoms with Crippen LogP contribution in [0.4, 0.5) is 8.78 Å². The fourth-order valence-corrected chi connectivity index (χ4v) is 3.30. The van der Waals surface area contributed by atoms with Crippen molar-refractivity contribution >= 4 is 29.5 Å². The van der Waals surface area contributed by atoms with Gasteiger partial charge >= 0.3 is 6.61 Å². The van der Waals surface area contributed by atoms with Crippen LogP contribution in [0.2, 0.25) is 5.02 Å². The zero-order valence-corrected chi connectivity index (χ0v) is 20.4. The summed E-state index contributed by atoms with van der Waals surface area (Å²) in [5, 5.41) is 14.7. The highest BCUT2D eigenvalue weighted by molar-refractivity contribution is 6.30. The van der Waals surface area contributed by atoms with Gasteiger partial charge in [-0.3, -0.25) is 9.59 Å². The van der Waals surface area contributed by atoms with E-state index in [9.17, 15) is 18.4 Å². The SMILES string of the molecule is O=C(NCCO)C(=Cc1ccc(OC(F)F)cc1)NC(=O)c1ccc(OCCc2ccc(Cl)cc2)cc1. The first kappa shape index (κ1) is 27.6. The minimum Gasteiger partial charge on any atom is -0.493 e. The number of benzene rings is 3. The molecule has 10 heteroatoms. The molecule has 0 radical (unpaired) electrons. The van der Waals surface area contributed by atoms with Crippen molar-refractivity contribution in [3.8, 4) is 11.5 Å². The Morgan fingerprint density at radius 1 is 0.946 bits per heavy atom. The Hall–Kier alpha value is -3.95. The molecule has 0 saturated carbocycles. The summed E-state index contributed by atoms with van der Waals surface area (Å²) in [6, 6.07) is 19.4. The van der Waals surface area contributed by atoms with Gasteiger partial charge in [-0.15, -0.1) is 0 Å². The number of hydrogen-bond acceptors (Lipinski definition) is 5. The summed E-state index contributed by atoms with van der Waals surface area (Å²) < 4.78 is 34.8. The predicted octanol–water partition coefficient (Wildman–Crippen LogP) is 4.44. The summed E-state index contributed by atoms with van der Waals surface area (Å²) in [6.07, 6.45) is 2.07. The lowest BCUT2D eigenvalue weighted by Gasteiger charge is -2.12. The van der Waals surface area contributed by atoms with Crippen molar-refractivity contribution in [2.45, 2.75) is 13.0 Å². The van der Waals surface area contributed by atoms with Crippen LogP contribution in [0, 0.1) is 0 Å². The van der Waals surface area contributed by atoms with Crippen molar-refractivity contribution in [3.63, 3.8) is 0 Å². The van der Waals surface area contributed by atoms with E-state index in [1.807, 2.05) is 24.3 Å². The number of halogens is 3. The highest BCUT2D eigenvalue weighted by atomic mass is 35.5. The molecule has 3 rings (SSSR count). The lowest BCUT2D eigenvalue weighted by Crippen LogP contribution is -2.36. The zero-order chi connectivity index (χ0) is 26.6. The Bertz CT molecular complexity index is 1200. The molecule has 3 N–H and O–H groups in total. The minimum atomic E-state index is -2.96. The number of carbonyl (C=O) groups is 2. The van der Waals surface area contributed by atoms with Crippen molar-refractivity contribution in [1.29, 1.82) is 0 Å². The average Bonchev–Trinajstić information content (AvgIpc) is 2.89. The summed E-state index contributed by atoms with van der Waals surface area (Å²) in [6.45, 7) is -2.83. The highest BCUT2D eigenvalue weighted by Crippen LogP contribution is 2.18. The molecule has 3 aromatic rings. The van der Waals surface area contributed by atoms with Gasteiger partial charge in [-0.2, -0.15) is 8.78 Å². The second kappa shape index (κ2) is 14.0. The van der Waals surface area contributed by atoms with Gasteiger partial charge in [-0.05, 0) is 65.7 Å². The van der Waals surface area contributed by atoms with Crippen molar-refractivity contribution < 1.29 is 33.0 Å². The molecule has 0 aliphatic rings. The maximum absolute atomic E-state index is 12.8. The number of alkyl halides is 2. The quantitative estimate of drug-likeness (QED) is 0.301. The van der Waals surface area contributed by atoms with E-state index in [2.05, 4.69) is 15.4 Å². The van der Waals surface area contributed by atoms with Crippen LogP contribution in [-0.4, -0.2) is 43.3 Å². The largest absolute Gasteiger partial charge is 0.493 e. The fraction of sp³-hybridized carbons (Fsp3) is 0.185. The van der Waals surface area contributed by atoms with Gasteiger partial charge in [-0.25, -0.2) is 0 Å². The number of amides is 2. The lowest BCUT2D eigenvalue weighted by molar-refractivity contribution is -0.117. The molecule has 0 atom stereocenters. The fourth-order valence-electron chi connectivity index (χ4n) is 3.17. The number of hydrogen-bond donors (Lipinski definition) is 3. The van der Waals surface area contributed by atoms with Crippen molar-refractivity contribution in [3.05, 3.63) is 100 Å². The molecule has 3 aromatic carbocycles. The van der Waals surface area contributed by atoms with E-state index in [0.29, 0.717) is 29.4 Å². The minimum absolute atomic E-state index is 0.0186. The molecule has 0 spiro atoms. The normalized spacial score (nSPS) is 11.2. The maximum Gasteiger partial charge on any atom is 0.387 e. The van der Waals surface area contributed by atoms with E-state index < -0.39 is 18.4 Å². The molecule has 7 nitrogen and oxygen atoms in total. The van der Waals surface area contributed by atoms with Gasteiger partial charge in [0, 0.05) is 23.6 Å². The molecule has 0 aliphatic heterocycles. The Balaban J connectivity index is 1.64. The molecule has 0 aromatic heterocycles. The van der Waals surface area contributed by atoms with Crippen LogP contribution in [0.3, 0.4) is 0 Å². The van der Waals surface area contributed by atoms with E-state index in [4.69, 9.17) is 21.4 Å². The number of aliphatic hydroxyl groups excluding tert-OH is 1. The molecular formula is C27H25ClF2N2O5. The topological polar surface area (TPSA) is 96.9 Å². The van der Waals surface area contributed by atoms with E-state index in [0.717, 1.165) is 5.56 Å². The standard InChI is InChI=1S/C27H25ClF2N2O5/c28-21-7-1-18(2-8-21)13-16-36-22-11-5-20(6-12-22)25(34)32-24(26(35)31-14-15-33)17-19-3-9-23(10-4-19)37-27(29)30/h1-12,17,27,33H,13-16H2,(H,31,35)(H,32,34). The molecule has 0 aliphatic carbocycles. The van der Waals surface area contributed by atoms with Crippen LogP contribution in [0.5, 0.6) is 11.5 Å². The molecule has 0 heterocycles. The Kier molecular flexibility index (Phi) is 10.4. The summed E-state index contributed by atoms with van der Waals surface area (Å²) in [4.78, 5) is 25.3. The van der Waals surface area contributed by atoms with E-state index >= 15 is 0 Å². The third kappa shape index (κ3) is 9.21. The molecular weight excluding hydrogens is 506 g/mol. The van der Waals surface area contributed by atoms with Crippen molar-refractivity contribution in [2.75, 3.05) is 19.8 Å². The third-order valence-corrected chi connectivity index (χ3v) is 5.25. The number of carbonyl (C=O) groups excluding carboxylic acids is 2. The number of aliphatic hydroxyl groups is 1. The van der Waals surface area contributed by atoms with Gasteiger partial charge in [0.25, 0.3) is 11.8 Å². The summed E-state index contributed by atoms with van der Waals surface area (Å²) in [5.74, 6) is -0.640. The molecule has 0 fully saturated rings. The van der Waals surface area contributed by atoms with Gasteiger partial charge in [0.05, 0.1) is 13.2 Å². The van der Waals surface area contributed by atoms with Gasteiger partial charge in [-0.1, -0.05) is 35.9 Å². The average molecular weight is 531 g/mol. The van der Waals surface area contributed by atoms with Crippen LogP contribution < -0.4 is 20.1 Å². The summed E-state index contributed by atoms with van der Waals surface area (Å²) in [7, 11) is 0. The van der Waals surface area contributed by atoms with Crippen LogP contribution in [0.15, 0.2) is 78.5 Å². The first-order chi connectivity index (χ1) is 17.8. The van der Waals surface area contributed by atoms with E-state index in [-0.39, 0.29) is 30.2 Å². The van der Waals surface area contributed by atoms with Crippen LogP contribution in [-0.2, 0) is 11.2 Å².